The summed E-state index contributed by atoms with van der Waals surface area (Å²) in [6.07, 6.45) is 3.36. The summed E-state index contributed by atoms with van der Waals surface area (Å²) < 4.78 is 7.57. The number of furan rings is 1. The van der Waals surface area contributed by atoms with Gasteiger partial charge in [0.1, 0.15) is 20.1 Å². The lowest BCUT2D eigenvalue weighted by Gasteiger charge is -2.13. The summed E-state index contributed by atoms with van der Waals surface area (Å²) in [6, 6.07) is 16.3. The maximum absolute atomic E-state index is 11.8. The zero-order chi connectivity index (χ0) is 23.9. The van der Waals surface area contributed by atoms with Gasteiger partial charge in [-0.05, 0) is 36.4 Å². The average Bonchev–Trinajstić information content (AvgIpc) is 3.45. The molecule has 0 aliphatic carbocycles. The third-order valence-electron chi connectivity index (χ3n) is 5.46. The van der Waals surface area contributed by atoms with Crippen molar-refractivity contribution in [3.8, 4) is 28.6 Å². The first-order valence-corrected chi connectivity index (χ1v) is 14.4. The van der Waals surface area contributed by atoms with E-state index in [0.29, 0.717) is 29.3 Å². The molecule has 5 rings (SSSR count). The van der Waals surface area contributed by atoms with Gasteiger partial charge < -0.3 is 4.42 Å². The van der Waals surface area contributed by atoms with Crippen molar-refractivity contribution < 1.29 is 9.34 Å². The second-order valence-electron chi connectivity index (χ2n) is 9.06. The molecule has 2 aromatic carbocycles. The fourth-order valence-corrected chi connectivity index (χ4v) is 4.45. The fraction of sp³-hybridized carbons (Fsp3) is 0.154. The second kappa shape index (κ2) is 8.28. The number of benzene rings is 2. The molecule has 1 aliphatic rings. The van der Waals surface area contributed by atoms with Gasteiger partial charge in [0.15, 0.2) is 5.76 Å². The molecule has 0 N–H and O–H groups in total. The summed E-state index contributed by atoms with van der Waals surface area (Å²) in [5.41, 5.74) is 8.47. The van der Waals surface area contributed by atoms with E-state index in [4.69, 9.17) is 9.41 Å². The van der Waals surface area contributed by atoms with E-state index in [2.05, 4.69) is 36.1 Å². The van der Waals surface area contributed by atoms with Crippen molar-refractivity contribution in [2.45, 2.75) is 26.2 Å². The topological polar surface area (TPSA) is 86.5 Å². The number of hydrogen-bond donors (Lipinski definition) is 0. The number of fused-ring (bicyclic) bond motifs is 3. The number of nitrogens with zero attached hydrogens (tertiary/aromatic N) is 4. The minimum absolute atomic E-state index is 0.0155. The molecular weight excluding hydrogens is 444 g/mol. The molecule has 4 aromatic rings. The maximum Gasteiger partial charge on any atom is 0.278 e. The molecule has 0 amide bonds. The Morgan fingerprint density at radius 3 is 2.65 bits per heavy atom. The van der Waals surface area contributed by atoms with Crippen molar-refractivity contribution in [1.29, 1.82) is 0 Å². The van der Waals surface area contributed by atoms with E-state index < -0.39 is 8.07 Å². The third-order valence-corrected chi connectivity index (χ3v) is 6.33. The summed E-state index contributed by atoms with van der Waals surface area (Å²) in [5, 5.41) is 11.8. The summed E-state index contributed by atoms with van der Waals surface area (Å²) in [4.78, 5) is 20.9. The van der Waals surface area contributed by atoms with Crippen molar-refractivity contribution in [2.24, 2.45) is 4.99 Å². The van der Waals surface area contributed by atoms with Gasteiger partial charge in [-0.25, -0.2) is 4.98 Å². The van der Waals surface area contributed by atoms with E-state index in [1.54, 1.807) is 30.8 Å². The molecule has 0 bridgehead atoms. The molecule has 0 saturated heterocycles. The van der Waals surface area contributed by atoms with Gasteiger partial charge >= 0.3 is 0 Å². The number of nitro groups is 1. The largest absolute Gasteiger partial charge is 0.463 e. The van der Waals surface area contributed by atoms with Crippen LogP contribution >= 0.6 is 0 Å². The van der Waals surface area contributed by atoms with E-state index in [-0.39, 0.29) is 10.6 Å². The first kappa shape index (κ1) is 21.6. The Kier molecular flexibility index (Phi) is 5.26. The molecule has 3 heterocycles. The molecule has 0 unspecified atom stereocenters. The standard InChI is InChI=1S/C26H22N4O3Si/c1-34(2,3)14-12-18-10-11-21-20(15-18)25(19-7-4-5-8-22(19)30(31)32)27-16-23-26(28-17-29(21)23)24-9-6-13-33-24/h4-11,13,15,17H,16H2,1-3H3. The monoisotopic (exact) mass is 466 g/mol. The van der Waals surface area contributed by atoms with Crippen molar-refractivity contribution in [2.75, 3.05) is 0 Å². The first-order chi connectivity index (χ1) is 16.3. The average molecular weight is 467 g/mol. The van der Waals surface area contributed by atoms with Crippen LogP contribution in [-0.4, -0.2) is 28.3 Å². The van der Waals surface area contributed by atoms with Crippen LogP contribution in [0, 0.1) is 21.6 Å². The van der Waals surface area contributed by atoms with E-state index >= 15 is 0 Å². The highest BCUT2D eigenvalue weighted by Gasteiger charge is 2.27. The van der Waals surface area contributed by atoms with E-state index in [9.17, 15) is 10.1 Å². The highest BCUT2D eigenvalue weighted by molar-refractivity contribution is 6.83. The van der Waals surface area contributed by atoms with Crippen molar-refractivity contribution in [1.82, 2.24) is 9.55 Å². The number of hydrogen-bond acceptors (Lipinski definition) is 5. The van der Waals surface area contributed by atoms with Gasteiger partial charge in [0.05, 0.1) is 40.4 Å². The quantitative estimate of drug-likeness (QED) is 0.170. The molecular formula is C26H22N4O3Si. The Balaban J connectivity index is 1.75. The first-order valence-electron chi connectivity index (χ1n) is 10.9. The number of rotatable bonds is 3. The molecule has 1 aliphatic heterocycles. The lowest BCUT2D eigenvalue weighted by atomic mass is 9.97. The number of aliphatic imine (C=N–C) groups is 1. The molecule has 7 nitrogen and oxygen atoms in total. The van der Waals surface area contributed by atoms with Gasteiger partial charge in [0.25, 0.3) is 5.69 Å². The van der Waals surface area contributed by atoms with Crippen LogP contribution in [0.15, 0.2) is 76.6 Å². The molecule has 2 aromatic heterocycles. The van der Waals surface area contributed by atoms with Gasteiger partial charge in [-0.2, -0.15) is 0 Å². The predicted molar refractivity (Wildman–Crippen MR) is 134 cm³/mol. The molecule has 0 spiro atoms. The zero-order valence-corrected chi connectivity index (χ0v) is 20.1. The molecule has 34 heavy (non-hydrogen) atoms. The fourth-order valence-electron chi connectivity index (χ4n) is 3.93. The molecule has 0 radical (unpaired) electrons. The zero-order valence-electron chi connectivity index (χ0n) is 19.1. The third kappa shape index (κ3) is 3.98. The van der Waals surface area contributed by atoms with Crippen LogP contribution in [0.3, 0.4) is 0 Å². The summed E-state index contributed by atoms with van der Waals surface area (Å²) in [5.74, 6) is 3.95. The lowest BCUT2D eigenvalue weighted by Crippen LogP contribution is -2.16. The van der Waals surface area contributed by atoms with Gasteiger partial charge in [-0.15, -0.1) is 5.54 Å². The lowest BCUT2D eigenvalue weighted by molar-refractivity contribution is -0.385. The highest BCUT2D eigenvalue weighted by Crippen LogP contribution is 2.33. The van der Waals surface area contributed by atoms with Crippen LogP contribution in [0.1, 0.15) is 22.4 Å². The predicted octanol–water partition coefficient (Wildman–Crippen LogP) is 5.62. The van der Waals surface area contributed by atoms with E-state index in [1.807, 2.05) is 34.9 Å². The summed E-state index contributed by atoms with van der Waals surface area (Å²) in [6.45, 7) is 6.87. The SMILES string of the molecule is C[Si](C)(C)C#Cc1ccc2c(c1)C(c1ccccc1[N+](=O)[O-])=NCc1c(-c3ccco3)ncn1-2. The van der Waals surface area contributed by atoms with Crippen LogP contribution in [0.4, 0.5) is 5.69 Å². The van der Waals surface area contributed by atoms with E-state index in [1.165, 1.54) is 6.07 Å². The normalized spacial score (nSPS) is 12.6. The van der Waals surface area contributed by atoms with Crippen LogP contribution < -0.4 is 0 Å². The van der Waals surface area contributed by atoms with Crippen LogP contribution in [0.25, 0.3) is 17.1 Å². The molecule has 0 fully saturated rings. The summed E-state index contributed by atoms with van der Waals surface area (Å²) >= 11 is 0. The Morgan fingerprint density at radius 2 is 1.91 bits per heavy atom. The minimum atomic E-state index is -1.58. The maximum atomic E-state index is 11.8. The van der Waals surface area contributed by atoms with Gasteiger partial charge in [-0.1, -0.05) is 37.7 Å². The van der Waals surface area contributed by atoms with Gasteiger partial charge in [0, 0.05) is 17.2 Å². The van der Waals surface area contributed by atoms with Crippen molar-refractivity contribution in [3.63, 3.8) is 0 Å². The number of para-hydroxylation sites is 1. The second-order valence-corrected chi connectivity index (χ2v) is 13.8. The van der Waals surface area contributed by atoms with Crippen LogP contribution in [-0.2, 0) is 6.54 Å². The van der Waals surface area contributed by atoms with Crippen LogP contribution in [0.2, 0.25) is 19.6 Å². The Labute approximate surface area is 198 Å². The molecule has 0 atom stereocenters. The Morgan fingerprint density at radius 1 is 1.09 bits per heavy atom. The van der Waals surface area contributed by atoms with Crippen molar-refractivity contribution in [3.05, 3.63) is 99.7 Å². The van der Waals surface area contributed by atoms with Crippen LogP contribution in [0.5, 0.6) is 0 Å². The number of aromatic nitrogens is 2. The Bertz CT molecular complexity index is 1500. The summed E-state index contributed by atoms with van der Waals surface area (Å²) in [7, 11) is -1.58. The highest BCUT2D eigenvalue weighted by atomic mass is 28.3. The smallest absolute Gasteiger partial charge is 0.278 e. The molecule has 8 heteroatoms. The van der Waals surface area contributed by atoms with E-state index in [0.717, 1.165) is 22.5 Å². The van der Waals surface area contributed by atoms with Crippen molar-refractivity contribution >= 4 is 19.5 Å². The molecule has 0 saturated carbocycles. The Hall–Kier alpha value is -4.22. The van der Waals surface area contributed by atoms with Gasteiger partial charge in [0.2, 0.25) is 0 Å². The molecule has 168 valence electrons. The van der Waals surface area contributed by atoms with Gasteiger partial charge in [-0.3, -0.25) is 19.7 Å². The number of imidazole rings is 1. The minimum Gasteiger partial charge on any atom is -0.463 e. The number of nitro benzene ring substituents is 1.